The third-order valence-electron chi connectivity index (χ3n) is 5.63. The van der Waals surface area contributed by atoms with Gasteiger partial charge in [-0.1, -0.05) is 0 Å². The van der Waals surface area contributed by atoms with E-state index in [1.165, 1.54) is 37.2 Å². The highest BCUT2D eigenvalue weighted by Crippen LogP contribution is 2.33. The fourth-order valence-corrected chi connectivity index (χ4v) is 6.33. The Morgan fingerprint density at radius 2 is 2.16 bits per heavy atom. The molecule has 2 N–H and O–H groups in total. The monoisotopic (exact) mass is 500 g/mol. The molecule has 8 heteroatoms. The molecule has 0 amide bonds. The predicted molar refractivity (Wildman–Crippen MR) is 122 cm³/mol. The van der Waals surface area contributed by atoms with Crippen LogP contribution >= 0.6 is 47.5 Å². The summed E-state index contributed by atoms with van der Waals surface area (Å²) >= 11 is 4.09. The van der Waals surface area contributed by atoms with Crippen molar-refractivity contribution in [2.24, 2.45) is 4.99 Å². The van der Waals surface area contributed by atoms with Crippen LogP contribution in [0, 0.1) is 0 Å². The first-order valence-corrected chi connectivity index (χ1v) is 11.6. The smallest absolute Gasteiger partial charge is 0.191 e. The van der Waals surface area contributed by atoms with E-state index in [9.17, 15) is 0 Å². The van der Waals surface area contributed by atoms with Crippen molar-refractivity contribution < 1.29 is 4.74 Å². The van der Waals surface area contributed by atoms with Crippen LogP contribution in [0.5, 0.6) is 0 Å². The number of ether oxygens (including phenoxy) is 1. The molecule has 0 radical (unpaired) electrons. The van der Waals surface area contributed by atoms with Gasteiger partial charge < -0.3 is 15.4 Å². The van der Waals surface area contributed by atoms with Crippen LogP contribution < -0.4 is 10.6 Å². The van der Waals surface area contributed by atoms with Crippen LogP contribution in [0.1, 0.15) is 25.7 Å². The molecule has 3 fully saturated rings. The van der Waals surface area contributed by atoms with Crippen molar-refractivity contribution in [1.29, 1.82) is 0 Å². The van der Waals surface area contributed by atoms with Crippen LogP contribution in [0.4, 0.5) is 0 Å². The maximum Gasteiger partial charge on any atom is 0.191 e. The molecule has 0 aromatic carbocycles. The highest BCUT2D eigenvalue weighted by molar-refractivity contribution is 14.0. The Kier molecular flexibility index (Phi) is 9.49. The van der Waals surface area contributed by atoms with Gasteiger partial charge in [0.2, 0.25) is 0 Å². The number of guanidine groups is 1. The minimum atomic E-state index is 0. The topological polar surface area (TPSA) is 48.9 Å². The molecular formula is C17H33IN4OS2. The average Bonchev–Trinajstić information content (AvgIpc) is 3.29. The number of nitrogens with zero attached hydrogens (tertiary/aromatic N) is 2. The van der Waals surface area contributed by atoms with Gasteiger partial charge in [-0.15, -0.1) is 24.0 Å². The molecule has 2 saturated heterocycles. The Morgan fingerprint density at radius 3 is 2.76 bits per heavy atom. The molecule has 2 aliphatic heterocycles. The van der Waals surface area contributed by atoms with Crippen molar-refractivity contribution in [1.82, 2.24) is 15.5 Å². The normalized spacial score (nSPS) is 33.9. The fourth-order valence-electron chi connectivity index (χ4n) is 4.06. The number of halogens is 1. The molecule has 0 aromatic heterocycles. The lowest BCUT2D eigenvalue weighted by Crippen LogP contribution is -2.60. The minimum absolute atomic E-state index is 0. The minimum Gasteiger partial charge on any atom is -0.379 e. The summed E-state index contributed by atoms with van der Waals surface area (Å²) in [7, 11) is 1.89. The van der Waals surface area contributed by atoms with Crippen LogP contribution in [0.3, 0.4) is 0 Å². The summed E-state index contributed by atoms with van der Waals surface area (Å²) in [4.78, 5) is 7.13. The largest absolute Gasteiger partial charge is 0.379 e. The standard InChI is InChI=1S/C17H32N4OS2.HI/c1-18-16(20-14-3-4-15(11-14)23-2)19-12-17(5-10-24-13-17)21-6-8-22-9-7-21;/h14-15H,3-13H2,1-2H3,(H2,18,19,20);1H. The van der Waals surface area contributed by atoms with Crippen LogP contribution in [0.15, 0.2) is 4.99 Å². The Balaban J connectivity index is 0.00000225. The number of aliphatic imine (C=N–C) groups is 1. The average molecular weight is 501 g/mol. The summed E-state index contributed by atoms with van der Waals surface area (Å²) in [6.45, 7) is 4.85. The number of thioether (sulfide) groups is 2. The maximum atomic E-state index is 5.55. The van der Waals surface area contributed by atoms with E-state index in [1.54, 1.807) is 0 Å². The molecule has 0 aromatic rings. The molecule has 0 spiro atoms. The van der Waals surface area contributed by atoms with Gasteiger partial charge in [-0.05, 0) is 37.7 Å². The molecule has 3 rings (SSSR count). The quantitative estimate of drug-likeness (QED) is 0.343. The van der Waals surface area contributed by atoms with Gasteiger partial charge >= 0.3 is 0 Å². The first-order valence-electron chi connectivity index (χ1n) is 9.16. The van der Waals surface area contributed by atoms with Crippen LogP contribution in [-0.2, 0) is 4.74 Å². The van der Waals surface area contributed by atoms with Gasteiger partial charge in [-0.2, -0.15) is 23.5 Å². The Morgan fingerprint density at radius 1 is 1.36 bits per heavy atom. The van der Waals surface area contributed by atoms with Crippen LogP contribution in [0.25, 0.3) is 0 Å². The fraction of sp³-hybridized carbons (Fsp3) is 0.941. The lowest BCUT2D eigenvalue weighted by Gasteiger charge is -2.43. The zero-order valence-corrected chi connectivity index (χ0v) is 19.4. The van der Waals surface area contributed by atoms with Crippen molar-refractivity contribution in [2.75, 3.05) is 57.7 Å². The molecule has 3 unspecified atom stereocenters. The van der Waals surface area contributed by atoms with Crippen molar-refractivity contribution in [3.63, 3.8) is 0 Å². The lowest BCUT2D eigenvalue weighted by atomic mass is 9.95. The van der Waals surface area contributed by atoms with Gasteiger partial charge in [0.1, 0.15) is 0 Å². The molecule has 146 valence electrons. The van der Waals surface area contributed by atoms with Gasteiger partial charge in [0.15, 0.2) is 5.96 Å². The maximum absolute atomic E-state index is 5.55. The Hall–Kier alpha value is 0.620. The first kappa shape index (κ1) is 21.9. The summed E-state index contributed by atoms with van der Waals surface area (Å²) in [5.41, 5.74) is 0.267. The summed E-state index contributed by atoms with van der Waals surface area (Å²) < 4.78 is 5.55. The molecular weight excluding hydrogens is 467 g/mol. The van der Waals surface area contributed by atoms with E-state index in [0.29, 0.717) is 6.04 Å². The SMILES string of the molecule is CN=C(NCC1(N2CCOCC2)CCSC1)NC1CCC(SC)C1.I. The number of hydrogen-bond donors (Lipinski definition) is 2. The van der Waals surface area contributed by atoms with E-state index in [4.69, 9.17) is 4.74 Å². The Bertz CT molecular complexity index is 429. The number of nitrogens with one attached hydrogen (secondary N) is 2. The highest BCUT2D eigenvalue weighted by atomic mass is 127. The summed E-state index contributed by atoms with van der Waals surface area (Å²) in [5, 5.41) is 8.11. The van der Waals surface area contributed by atoms with Gasteiger partial charge in [-0.25, -0.2) is 0 Å². The van der Waals surface area contributed by atoms with Gasteiger partial charge in [-0.3, -0.25) is 9.89 Å². The van der Waals surface area contributed by atoms with Crippen LogP contribution in [-0.4, -0.2) is 85.3 Å². The second kappa shape index (κ2) is 10.8. The zero-order valence-electron chi connectivity index (χ0n) is 15.5. The molecule has 2 heterocycles. The summed E-state index contributed by atoms with van der Waals surface area (Å²) in [5.74, 6) is 3.46. The van der Waals surface area contributed by atoms with E-state index in [2.05, 4.69) is 38.5 Å². The van der Waals surface area contributed by atoms with Crippen molar-refractivity contribution in [3.8, 4) is 0 Å². The number of rotatable bonds is 5. The highest BCUT2D eigenvalue weighted by Gasteiger charge is 2.40. The van der Waals surface area contributed by atoms with E-state index in [0.717, 1.165) is 44.1 Å². The molecule has 5 nitrogen and oxygen atoms in total. The summed E-state index contributed by atoms with van der Waals surface area (Å²) in [6, 6.07) is 0.575. The van der Waals surface area contributed by atoms with Crippen molar-refractivity contribution >= 4 is 53.5 Å². The number of hydrogen-bond acceptors (Lipinski definition) is 5. The summed E-state index contributed by atoms with van der Waals surface area (Å²) in [6.07, 6.45) is 7.33. The second-order valence-corrected chi connectivity index (χ2v) is 9.31. The molecule has 0 bridgehead atoms. The molecule has 1 aliphatic carbocycles. The third kappa shape index (κ3) is 5.80. The third-order valence-corrected chi connectivity index (χ3v) is 7.96. The van der Waals surface area contributed by atoms with Crippen LogP contribution in [0.2, 0.25) is 0 Å². The zero-order chi connectivity index (χ0) is 16.8. The number of morpholine rings is 1. The van der Waals surface area contributed by atoms with E-state index in [1.807, 2.05) is 18.8 Å². The second-order valence-electron chi connectivity index (χ2n) is 7.06. The van der Waals surface area contributed by atoms with Gasteiger partial charge in [0.05, 0.1) is 13.2 Å². The van der Waals surface area contributed by atoms with E-state index in [-0.39, 0.29) is 29.5 Å². The Labute approximate surface area is 178 Å². The van der Waals surface area contributed by atoms with Crippen molar-refractivity contribution in [3.05, 3.63) is 0 Å². The molecule has 3 atom stereocenters. The molecule has 1 saturated carbocycles. The molecule has 3 aliphatic rings. The lowest BCUT2D eigenvalue weighted by molar-refractivity contribution is -0.0120. The van der Waals surface area contributed by atoms with E-state index < -0.39 is 0 Å². The molecule has 25 heavy (non-hydrogen) atoms. The van der Waals surface area contributed by atoms with Crippen molar-refractivity contribution in [2.45, 2.75) is 42.5 Å². The predicted octanol–water partition coefficient (Wildman–Crippen LogP) is 2.26. The van der Waals surface area contributed by atoms with Gasteiger partial charge in [0, 0.05) is 49.3 Å². The van der Waals surface area contributed by atoms with E-state index >= 15 is 0 Å². The first-order chi connectivity index (χ1) is 11.8. The van der Waals surface area contributed by atoms with Gasteiger partial charge in [0.25, 0.3) is 0 Å².